The van der Waals surface area contributed by atoms with E-state index in [1.165, 1.54) is 18.2 Å². The lowest BCUT2D eigenvalue weighted by molar-refractivity contribution is 0.297. The summed E-state index contributed by atoms with van der Waals surface area (Å²) in [4.78, 5) is 0.0791. The molecule has 2 atom stereocenters. The van der Waals surface area contributed by atoms with Gasteiger partial charge in [0.1, 0.15) is 5.82 Å². The summed E-state index contributed by atoms with van der Waals surface area (Å²) in [5.41, 5.74) is -0.0696. The van der Waals surface area contributed by atoms with Crippen LogP contribution in [0.5, 0.6) is 0 Å². The van der Waals surface area contributed by atoms with E-state index in [1.54, 1.807) is 7.05 Å². The second kappa shape index (κ2) is 4.87. The standard InChI is InChI=1S/C14H20FNO2S/c1-14(2)8-7-12(13(14)16-3)19(17,18)11-6-4-5-10(15)9-11/h4-6,9,12-13,16H,7-8H2,1-3H3. The smallest absolute Gasteiger partial charge is 0.182 e. The van der Waals surface area contributed by atoms with E-state index in [9.17, 15) is 12.8 Å². The summed E-state index contributed by atoms with van der Waals surface area (Å²) < 4.78 is 38.5. The van der Waals surface area contributed by atoms with Crippen LogP contribution in [0.3, 0.4) is 0 Å². The predicted molar refractivity (Wildman–Crippen MR) is 73.2 cm³/mol. The minimum absolute atomic E-state index is 0.0696. The fraction of sp³-hybridized carbons (Fsp3) is 0.571. The number of hydrogen-bond donors (Lipinski definition) is 1. The van der Waals surface area contributed by atoms with E-state index in [1.807, 2.05) is 0 Å². The number of nitrogens with one attached hydrogen (secondary N) is 1. The Morgan fingerprint density at radius 1 is 1.37 bits per heavy atom. The molecule has 1 fully saturated rings. The van der Waals surface area contributed by atoms with E-state index >= 15 is 0 Å². The maximum atomic E-state index is 13.2. The van der Waals surface area contributed by atoms with Crippen molar-refractivity contribution in [1.29, 1.82) is 0 Å². The molecule has 1 aromatic rings. The SMILES string of the molecule is CNC1C(S(=O)(=O)c2cccc(F)c2)CCC1(C)C. The van der Waals surface area contributed by atoms with Gasteiger partial charge in [-0.1, -0.05) is 19.9 Å². The van der Waals surface area contributed by atoms with Crippen molar-refractivity contribution < 1.29 is 12.8 Å². The average Bonchev–Trinajstić information content (AvgIpc) is 2.64. The molecule has 0 saturated heterocycles. The molecule has 1 aliphatic rings. The third kappa shape index (κ3) is 2.54. The fourth-order valence-electron chi connectivity index (χ4n) is 3.07. The van der Waals surface area contributed by atoms with Crippen molar-refractivity contribution in [2.24, 2.45) is 5.41 Å². The lowest BCUT2D eigenvalue weighted by Gasteiger charge is -2.30. The highest BCUT2D eigenvalue weighted by Crippen LogP contribution is 2.42. The van der Waals surface area contributed by atoms with Crippen molar-refractivity contribution >= 4 is 9.84 Å². The molecule has 0 bridgehead atoms. The molecule has 0 aliphatic heterocycles. The van der Waals surface area contributed by atoms with Crippen molar-refractivity contribution in [2.75, 3.05) is 7.05 Å². The van der Waals surface area contributed by atoms with Gasteiger partial charge in [-0.15, -0.1) is 0 Å². The summed E-state index contributed by atoms with van der Waals surface area (Å²) in [6.07, 6.45) is 1.45. The van der Waals surface area contributed by atoms with Crippen LogP contribution in [0.15, 0.2) is 29.2 Å². The molecule has 0 heterocycles. The Morgan fingerprint density at radius 3 is 2.63 bits per heavy atom. The number of benzene rings is 1. The molecule has 3 nitrogen and oxygen atoms in total. The Labute approximate surface area is 114 Å². The zero-order valence-electron chi connectivity index (χ0n) is 11.5. The molecule has 5 heteroatoms. The zero-order valence-corrected chi connectivity index (χ0v) is 12.3. The third-order valence-corrected chi connectivity index (χ3v) is 6.34. The van der Waals surface area contributed by atoms with Gasteiger partial charge in [0, 0.05) is 6.04 Å². The molecule has 0 amide bonds. The van der Waals surface area contributed by atoms with Crippen LogP contribution < -0.4 is 5.32 Å². The quantitative estimate of drug-likeness (QED) is 0.927. The highest BCUT2D eigenvalue weighted by atomic mass is 32.2. The van der Waals surface area contributed by atoms with Crippen molar-refractivity contribution in [3.8, 4) is 0 Å². The van der Waals surface area contributed by atoms with Crippen molar-refractivity contribution in [3.63, 3.8) is 0 Å². The van der Waals surface area contributed by atoms with Gasteiger partial charge in [-0.05, 0) is 43.5 Å². The van der Waals surface area contributed by atoms with Crippen LogP contribution in [0.4, 0.5) is 4.39 Å². The van der Waals surface area contributed by atoms with Gasteiger partial charge in [0.15, 0.2) is 9.84 Å². The van der Waals surface area contributed by atoms with Crippen LogP contribution in [0.2, 0.25) is 0 Å². The molecule has 1 aliphatic carbocycles. The minimum Gasteiger partial charge on any atom is -0.315 e. The van der Waals surface area contributed by atoms with Gasteiger partial charge in [0.05, 0.1) is 10.1 Å². The zero-order chi connectivity index (χ0) is 14.3. The molecule has 0 aromatic heterocycles. The van der Waals surface area contributed by atoms with Gasteiger partial charge in [-0.25, -0.2) is 12.8 Å². The lowest BCUT2D eigenvalue weighted by atomic mass is 9.87. The van der Waals surface area contributed by atoms with Crippen LogP contribution >= 0.6 is 0 Å². The van der Waals surface area contributed by atoms with Gasteiger partial charge in [-0.2, -0.15) is 0 Å². The Kier molecular flexibility index (Phi) is 3.71. The topological polar surface area (TPSA) is 46.2 Å². The highest BCUT2D eigenvalue weighted by molar-refractivity contribution is 7.92. The third-order valence-electron chi connectivity index (χ3n) is 4.12. The summed E-state index contributed by atoms with van der Waals surface area (Å²) >= 11 is 0. The molecule has 0 spiro atoms. The normalized spacial score (nSPS) is 26.5. The van der Waals surface area contributed by atoms with Crippen LogP contribution in [0.1, 0.15) is 26.7 Å². The van der Waals surface area contributed by atoms with E-state index in [-0.39, 0.29) is 16.4 Å². The van der Waals surface area contributed by atoms with E-state index < -0.39 is 20.9 Å². The average molecular weight is 285 g/mol. The maximum absolute atomic E-state index is 13.2. The number of hydrogen-bond acceptors (Lipinski definition) is 3. The Morgan fingerprint density at radius 2 is 2.05 bits per heavy atom. The van der Waals surface area contributed by atoms with Crippen LogP contribution in [-0.4, -0.2) is 26.8 Å². The molecule has 2 unspecified atom stereocenters. The second-order valence-corrected chi connectivity index (χ2v) is 8.00. The lowest BCUT2D eigenvalue weighted by Crippen LogP contribution is -2.45. The molecular formula is C14H20FNO2S. The predicted octanol–water partition coefficient (Wildman–Crippen LogP) is 2.38. The van der Waals surface area contributed by atoms with Crippen molar-refractivity contribution in [3.05, 3.63) is 30.1 Å². The Balaban J connectivity index is 2.41. The second-order valence-electron chi connectivity index (χ2n) is 5.83. The first-order valence-corrected chi connectivity index (χ1v) is 8.00. The summed E-state index contributed by atoms with van der Waals surface area (Å²) in [5, 5.41) is 2.63. The van der Waals surface area contributed by atoms with Crippen LogP contribution in [0, 0.1) is 11.2 Å². The molecule has 1 aromatic carbocycles. The summed E-state index contributed by atoms with van der Waals surface area (Å²) in [7, 11) is -1.71. The number of sulfone groups is 1. The Bertz CT molecular complexity index is 569. The molecule has 2 rings (SSSR count). The highest BCUT2D eigenvalue weighted by Gasteiger charge is 2.47. The maximum Gasteiger partial charge on any atom is 0.182 e. The van der Waals surface area contributed by atoms with Crippen molar-refractivity contribution in [1.82, 2.24) is 5.32 Å². The monoisotopic (exact) mass is 285 g/mol. The van der Waals surface area contributed by atoms with E-state index in [0.717, 1.165) is 12.5 Å². The number of rotatable bonds is 3. The molecule has 106 valence electrons. The molecule has 19 heavy (non-hydrogen) atoms. The molecule has 0 radical (unpaired) electrons. The fourth-order valence-corrected chi connectivity index (χ4v) is 5.25. The molecule has 1 saturated carbocycles. The first-order valence-electron chi connectivity index (χ1n) is 6.46. The minimum atomic E-state index is -3.50. The largest absolute Gasteiger partial charge is 0.315 e. The van der Waals surface area contributed by atoms with Crippen LogP contribution in [-0.2, 0) is 9.84 Å². The first-order chi connectivity index (χ1) is 8.79. The van der Waals surface area contributed by atoms with Gasteiger partial charge in [-0.3, -0.25) is 0 Å². The summed E-state index contributed by atoms with van der Waals surface area (Å²) in [6, 6.07) is 5.16. The summed E-state index contributed by atoms with van der Waals surface area (Å²) in [6.45, 7) is 4.13. The van der Waals surface area contributed by atoms with E-state index in [4.69, 9.17) is 0 Å². The van der Waals surface area contributed by atoms with Gasteiger partial charge >= 0.3 is 0 Å². The van der Waals surface area contributed by atoms with Gasteiger partial charge in [0.2, 0.25) is 0 Å². The molecular weight excluding hydrogens is 265 g/mol. The van der Waals surface area contributed by atoms with E-state index in [0.29, 0.717) is 6.42 Å². The molecule has 1 N–H and O–H groups in total. The Hall–Kier alpha value is -0.940. The van der Waals surface area contributed by atoms with Gasteiger partial charge in [0.25, 0.3) is 0 Å². The first kappa shape index (κ1) is 14.5. The van der Waals surface area contributed by atoms with E-state index in [2.05, 4.69) is 19.2 Å². The van der Waals surface area contributed by atoms with Gasteiger partial charge < -0.3 is 5.32 Å². The van der Waals surface area contributed by atoms with Crippen molar-refractivity contribution in [2.45, 2.75) is 42.9 Å². The number of halogens is 1. The van der Waals surface area contributed by atoms with Crippen LogP contribution in [0.25, 0.3) is 0 Å². The summed E-state index contributed by atoms with van der Waals surface area (Å²) in [5.74, 6) is -0.515.